The highest BCUT2D eigenvalue weighted by atomic mass is 16.5. The molecule has 0 saturated heterocycles. The van der Waals surface area contributed by atoms with Gasteiger partial charge in [-0.25, -0.2) is 0 Å². The van der Waals surface area contributed by atoms with Crippen LogP contribution in [0, 0.1) is 13.8 Å². The molecule has 0 spiro atoms. The first kappa shape index (κ1) is 22.7. The summed E-state index contributed by atoms with van der Waals surface area (Å²) >= 11 is 0. The van der Waals surface area contributed by atoms with Crippen molar-refractivity contribution < 1.29 is 19.4 Å². The highest BCUT2D eigenvalue weighted by Gasteiger charge is 2.42. The fraction of sp³-hybridized carbons (Fsp3) is 0.385. The smallest absolute Gasteiger partial charge is 0.273 e. The molecule has 1 aromatic heterocycles. The number of fused-ring (bicyclic) bond motifs is 1. The number of aromatic hydroxyl groups is 1. The van der Waals surface area contributed by atoms with Crippen molar-refractivity contribution in [2.75, 3.05) is 19.8 Å². The normalized spacial score (nSPS) is 15.1. The topological polar surface area (TPSA) is 87.7 Å². The second kappa shape index (κ2) is 9.17. The number of aromatic amines is 1. The summed E-state index contributed by atoms with van der Waals surface area (Å²) in [5, 5.41) is 18.3. The van der Waals surface area contributed by atoms with Crippen molar-refractivity contribution >= 4 is 5.91 Å². The van der Waals surface area contributed by atoms with Crippen LogP contribution in [-0.4, -0.2) is 45.9 Å². The van der Waals surface area contributed by atoms with E-state index in [1.54, 1.807) is 0 Å². The van der Waals surface area contributed by atoms with Gasteiger partial charge in [-0.15, -0.1) is 0 Å². The van der Waals surface area contributed by atoms with Gasteiger partial charge in [0, 0.05) is 17.7 Å². The van der Waals surface area contributed by atoms with Gasteiger partial charge in [-0.3, -0.25) is 9.89 Å². The molecule has 0 fully saturated rings. The Morgan fingerprint density at radius 1 is 1.06 bits per heavy atom. The first-order chi connectivity index (χ1) is 15.9. The van der Waals surface area contributed by atoms with Crippen molar-refractivity contribution in [2.24, 2.45) is 0 Å². The summed E-state index contributed by atoms with van der Waals surface area (Å²) in [6.07, 6.45) is 0.819. The van der Waals surface area contributed by atoms with Crippen molar-refractivity contribution in [3.8, 4) is 28.5 Å². The van der Waals surface area contributed by atoms with Crippen molar-refractivity contribution in [3.63, 3.8) is 0 Å². The number of hydrogen-bond acceptors (Lipinski definition) is 5. The molecule has 4 rings (SSSR count). The lowest BCUT2D eigenvalue weighted by Crippen LogP contribution is -2.30. The van der Waals surface area contributed by atoms with E-state index in [1.807, 2.05) is 62.9 Å². The van der Waals surface area contributed by atoms with E-state index in [4.69, 9.17) is 9.47 Å². The number of carbonyl (C=O) groups is 1. The monoisotopic (exact) mass is 449 g/mol. The fourth-order valence-corrected chi connectivity index (χ4v) is 4.60. The third-order valence-electron chi connectivity index (χ3n) is 5.91. The summed E-state index contributed by atoms with van der Waals surface area (Å²) in [5.74, 6) is 1.41. The minimum absolute atomic E-state index is 0.0914. The Morgan fingerprint density at radius 2 is 1.79 bits per heavy atom. The summed E-state index contributed by atoms with van der Waals surface area (Å²) in [6, 6.07) is 9.30. The first-order valence-corrected chi connectivity index (χ1v) is 11.5. The maximum Gasteiger partial charge on any atom is 0.273 e. The predicted molar refractivity (Wildman–Crippen MR) is 127 cm³/mol. The van der Waals surface area contributed by atoms with Gasteiger partial charge in [0.2, 0.25) is 0 Å². The molecular formula is C26H31N3O4. The van der Waals surface area contributed by atoms with E-state index < -0.39 is 0 Å². The predicted octanol–water partition coefficient (Wildman–Crippen LogP) is 5.15. The Kier molecular flexibility index (Phi) is 6.31. The molecule has 1 atom stereocenters. The number of nitrogens with one attached hydrogen (secondary N) is 1. The van der Waals surface area contributed by atoms with E-state index in [-0.39, 0.29) is 17.7 Å². The Morgan fingerprint density at radius 3 is 2.48 bits per heavy atom. The van der Waals surface area contributed by atoms with Crippen molar-refractivity contribution in [1.29, 1.82) is 0 Å². The van der Waals surface area contributed by atoms with E-state index in [2.05, 4.69) is 17.1 Å². The zero-order chi connectivity index (χ0) is 23.7. The van der Waals surface area contributed by atoms with Gasteiger partial charge in [-0.05, 0) is 69.0 Å². The zero-order valence-corrected chi connectivity index (χ0v) is 19.9. The Hall–Kier alpha value is -3.48. The van der Waals surface area contributed by atoms with Gasteiger partial charge in [0.15, 0.2) is 11.5 Å². The van der Waals surface area contributed by atoms with Gasteiger partial charge >= 0.3 is 0 Å². The van der Waals surface area contributed by atoms with Crippen molar-refractivity contribution in [3.05, 3.63) is 58.3 Å². The van der Waals surface area contributed by atoms with Gasteiger partial charge in [-0.2, -0.15) is 5.10 Å². The molecule has 33 heavy (non-hydrogen) atoms. The van der Waals surface area contributed by atoms with Crippen LogP contribution in [0.4, 0.5) is 0 Å². The van der Waals surface area contributed by atoms with E-state index in [0.29, 0.717) is 48.2 Å². The molecule has 2 heterocycles. The molecule has 0 aliphatic carbocycles. The van der Waals surface area contributed by atoms with E-state index in [9.17, 15) is 9.90 Å². The number of aryl methyl sites for hydroxylation is 2. The molecule has 1 amide bonds. The average molecular weight is 450 g/mol. The minimum Gasteiger partial charge on any atom is -0.507 e. The molecule has 0 bridgehead atoms. The highest BCUT2D eigenvalue weighted by molar-refractivity contribution is 6.00. The van der Waals surface area contributed by atoms with Crippen LogP contribution < -0.4 is 9.47 Å². The summed E-state index contributed by atoms with van der Waals surface area (Å²) in [6.45, 7) is 11.4. The summed E-state index contributed by atoms with van der Waals surface area (Å²) < 4.78 is 11.6. The lowest BCUT2D eigenvalue weighted by molar-refractivity contribution is 0.0743. The first-order valence-electron chi connectivity index (χ1n) is 11.5. The van der Waals surface area contributed by atoms with Gasteiger partial charge < -0.3 is 19.5 Å². The third-order valence-corrected chi connectivity index (χ3v) is 5.91. The van der Waals surface area contributed by atoms with Crippen molar-refractivity contribution in [2.45, 2.75) is 47.1 Å². The SMILES string of the molecule is CCCN1C(=O)c2[nH]nc(-c3cc(C)cc(C)c3O)c2C1c1ccc(OCC)c(OCC)c1. The summed E-state index contributed by atoms with van der Waals surface area (Å²) in [7, 11) is 0. The van der Waals surface area contributed by atoms with Crippen LogP contribution in [0.25, 0.3) is 11.3 Å². The maximum absolute atomic E-state index is 13.4. The number of amides is 1. The number of ether oxygens (including phenoxy) is 2. The lowest BCUT2D eigenvalue weighted by atomic mass is 9.94. The van der Waals surface area contributed by atoms with Crippen LogP contribution in [0.15, 0.2) is 30.3 Å². The number of aromatic nitrogens is 2. The number of carbonyl (C=O) groups excluding carboxylic acids is 1. The maximum atomic E-state index is 13.4. The lowest BCUT2D eigenvalue weighted by Gasteiger charge is -2.27. The van der Waals surface area contributed by atoms with E-state index in [1.165, 1.54) is 0 Å². The largest absolute Gasteiger partial charge is 0.507 e. The van der Waals surface area contributed by atoms with Crippen LogP contribution in [0.3, 0.4) is 0 Å². The third kappa shape index (κ3) is 3.92. The van der Waals surface area contributed by atoms with Crippen LogP contribution in [-0.2, 0) is 0 Å². The van der Waals surface area contributed by atoms with Crippen LogP contribution in [0.5, 0.6) is 17.2 Å². The molecular weight excluding hydrogens is 418 g/mol. The number of phenolic OH excluding ortho intramolecular Hbond substituents is 1. The quantitative estimate of drug-likeness (QED) is 0.496. The number of phenols is 1. The number of rotatable bonds is 8. The number of benzene rings is 2. The van der Waals surface area contributed by atoms with Crippen LogP contribution >= 0.6 is 0 Å². The second-order valence-corrected chi connectivity index (χ2v) is 8.31. The fourth-order valence-electron chi connectivity index (χ4n) is 4.60. The van der Waals surface area contributed by atoms with E-state index >= 15 is 0 Å². The Bertz CT molecular complexity index is 1180. The highest BCUT2D eigenvalue weighted by Crippen LogP contribution is 2.46. The second-order valence-electron chi connectivity index (χ2n) is 8.31. The molecule has 1 unspecified atom stereocenters. The molecule has 7 heteroatoms. The Balaban J connectivity index is 1.91. The van der Waals surface area contributed by atoms with Crippen LogP contribution in [0.2, 0.25) is 0 Å². The average Bonchev–Trinajstić information content (AvgIpc) is 3.32. The number of H-pyrrole nitrogens is 1. The molecule has 3 aromatic rings. The van der Waals surface area contributed by atoms with Gasteiger partial charge in [-0.1, -0.05) is 19.1 Å². The summed E-state index contributed by atoms with van der Waals surface area (Å²) in [5.41, 5.74) is 5.16. The molecule has 174 valence electrons. The van der Waals surface area contributed by atoms with Crippen molar-refractivity contribution in [1.82, 2.24) is 15.1 Å². The molecule has 1 aliphatic heterocycles. The van der Waals surface area contributed by atoms with Gasteiger partial charge in [0.05, 0.1) is 19.3 Å². The molecule has 0 saturated carbocycles. The van der Waals surface area contributed by atoms with E-state index in [0.717, 1.165) is 28.7 Å². The molecule has 0 radical (unpaired) electrons. The Labute approximate surface area is 194 Å². The molecule has 2 aromatic carbocycles. The molecule has 7 nitrogen and oxygen atoms in total. The molecule has 2 N–H and O–H groups in total. The summed E-state index contributed by atoms with van der Waals surface area (Å²) in [4.78, 5) is 15.2. The minimum atomic E-state index is -0.351. The zero-order valence-electron chi connectivity index (χ0n) is 19.9. The molecule has 1 aliphatic rings. The van der Waals surface area contributed by atoms with Gasteiger partial charge in [0.25, 0.3) is 5.91 Å². The standard InChI is InChI=1S/C26H31N3O4/c1-6-11-29-24(17-9-10-19(32-7-2)20(14-17)33-8-3)21-22(27-28-23(21)26(29)31)18-13-15(4)12-16(5)25(18)30/h9-10,12-14,24,30H,6-8,11H2,1-5H3,(H,27,28). The van der Waals surface area contributed by atoms with Crippen LogP contribution in [0.1, 0.15) is 66.0 Å². The van der Waals surface area contributed by atoms with Gasteiger partial charge in [0.1, 0.15) is 17.1 Å². The number of hydrogen-bond donors (Lipinski definition) is 2. The number of nitrogens with zero attached hydrogens (tertiary/aromatic N) is 2.